The summed E-state index contributed by atoms with van der Waals surface area (Å²) in [4.78, 5) is 11.9. The van der Waals surface area contributed by atoms with Gasteiger partial charge < -0.3 is 5.32 Å². The van der Waals surface area contributed by atoms with Gasteiger partial charge in [-0.15, -0.1) is 0 Å². The largest absolute Gasteiger partial charge is 0.352 e. The summed E-state index contributed by atoms with van der Waals surface area (Å²) < 4.78 is 2.25. The first-order chi connectivity index (χ1) is 7.47. The van der Waals surface area contributed by atoms with Gasteiger partial charge in [-0.2, -0.15) is 5.10 Å². The molecular formula is C10H18N4OS. The van der Waals surface area contributed by atoms with E-state index in [-0.39, 0.29) is 18.0 Å². The van der Waals surface area contributed by atoms with E-state index in [0.29, 0.717) is 4.77 Å². The van der Waals surface area contributed by atoms with E-state index in [2.05, 4.69) is 15.5 Å². The minimum Gasteiger partial charge on any atom is -0.352 e. The molecule has 16 heavy (non-hydrogen) atoms. The van der Waals surface area contributed by atoms with E-state index in [4.69, 9.17) is 12.2 Å². The molecule has 0 radical (unpaired) electrons. The summed E-state index contributed by atoms with van der Waals surface area (Å²) in [7, 11) is 0. The molecular weight excluding hydrogens is 224 g/mol. The molecule has 1 rings (SSSR count). The van der Waals surface area contributed by atoms with Crippen molar-refractivity contribution >= 4 is 18.1 Å². The highest BCUT2D eigenvalue weighted by Gasteiger charge is 2.19. The molecule has 1 atom stereocenters. The lowest BCUT2D eigenvalue weighted by molar-refractivity contribution is -0.124. The van der Waals surface area contributed by atoms with Crippen molar-refractivity contribution < 1.29 is 4.79 Å². The molecule has 0 bridgehead atoms. The van der Waals surface area contributed by atoms with Gasteiger partial charge in [-0.05, 0) is 33.0 Å². The Hall–Kier alpha value is -1.17. The second-order valence-corrected chi connectivity index (χ2v) is 4.39. The normalized spacial score (nSPS) is 12.8. The van der Waals surface area contributed by atoms with Gasteiger partial charge in [0.25, 0.3) is 0 Å². The van der Waals surface area contributed by atoms with E-state index in [9.17, 15) is 4.79 Å². The first kappa shape index (κ1) is 12.9. The third kappa shape index (κ3) is 2.69. The minimum absolute atomic E-state index is 0.0396. The Bertz CT molecular complexity index is 421. The first-order valence-electron chi connectivity index (χ1n) is 5.43. The van der Waals surface area contributed by atoms with Crippen molar-refractivity contribution in [3.63, 3.8) is 0 Å². The number of hydrogen-bond acceptors (Lipinski definition) is 3. The summed E-state index contributed by atoms with van der Waals surface area (Å²) in [5.41, 5.74) is 0. The molecule has 0 fully saturated rings. The molecule has 0 saturated carbocycles. The van der Waals surface area contributed by atoms with E-state index in [0.717, 1.165) is 12.2 Å². The lowest BCUT2D eigenvalue weighted by atomic mass is 10.2. The third-order valence-electron chi connectivity index (χ3n) is 2.29. The molecule has 0 saturated heterocycles. The van der Waals surface area contributed by atoms with Crippen molar-refractivity contribution in [3.05, 3.63) is 10.6 Å². The molecule has 6 heteroatoms. The Labute approximate surface area is 100 Å². The quantitative estimate of drug-likeness (QED) is 0.788. The zero-order valence-electron chi connectivity index (χ0n) is 10.1. The number of aryl methyl sites for hydroxylation is 1. The second-order valence-electron chi connectivity index (χ2n) is 4.01. The third-order valence-corrected chi connectivity index (χ3v) is 2.58. The molecule has 0 aliphatic rings. The highest BCUT2D eigenvalue weighted by atomic mass is 32.1. The summed E-state index contributed by atoms with van der Waals surface area (Å²) in [6.45, 7) is 7.66. The highest BCUT2D eigenvalue weighted by Crippen LogP contribution is 2.10. The zero-order chi connectivity index (χ0) is 12.3. The van der Waals surface area contributed by atoms with Crippen LogP contribution in [0, 0.1) is 4.77 Å². The van der Waals surface area contributed by atoms with Crippen molar-refractivity contribution in [1.82, 2.24) is 20.1 Å². The van der Waals surface area contributed by atoms with Gasteiger partial charge in [0.05, 0.1) is 0 Å². The predicted molar refractivity (Wildman–Crippen MR) is 64.8 cm³/mol. The second kappa shape index (κ2) is 5.25. The van der Waals surface area contributed by atoms with E-state index >= 15 is 0 Å². The molecule has 0 spiro atoms. The topological polar surface area (TPSA) is 62.7 Å². The van der Waals surface area contributed by atoms with Gasteiger partial charge in [0.1, 0.15) is 11.9 Å². The summed E-state index contributed by atoms with van der Waals surface area (Å²) in [5, 5.41) is 9.66. The first-order valence-corrected chi connectivity index (χ1v) is 5.84. The maximum Gasteiger partial charge on any atom is 0.243 e. The van der Waals surface area contributed by atoms with Crippen LogP contribution in [0.5, 0.6) is 0 Å². The highest BCUT2D eigenvalue weighted by molar-refractivity contribution is 7.71. The van der Waals surface area contributed by atoms with Crippen LogP contribution in [-0.4, -0.2) is 26.7 Å². The fourth-order valence-electron chi connectivity index (χ4n) is 1.51. The van der Waals surface area contributed by atoms with Gasteiger partial charge in [0, 0.05) is 12.5 Å². The summed E-state index contributed by atoms with van der Waals surface area (Å²) in [6, 6.07) is -0.204. The van der Waals surface area contributed by atoms with Gasteiger partial charge >= 0.3 is 0 Å². The number of aromatic nitrogens is 3. The van der Waals surface area contributed by atoms with Gasteiger partial charge in [-0.25, -0.2) is 0 Å². The molecule has 1 amide bonds. The fourth-order valence-corrected chi connectivity index (χ4v) is 1.82. The van der Waals surface area contributed by atoms with Crippen LogP contribution >= 0.6 is 12.2 Å². The average Bonchev–Trinajstić information content (AvgIpc) is 2.57. The Morgan fingerprint density at radius 2 is 2.19 bits per heavy atom. The lowest BCUT2D eigenvalue weighted by Crippen LogP contribution is -2.36. The van der Waals surface area contributed by atoms with Crippen molar-refractivity contribution in [2.75, 3.05) is 0 Å². The summed E-state index contributed by atoms with van der Waals surface area (Å²) in [5.74, 6) is 0.763. The lowest BCUT2D eigenvalue weighted by Gasteiger charge is -2.16. The molecule has 0 aromatic carbocycles. The van der Waals surface area contributed by atoms with Gasteiger partial charge in [0.2, 0.25) is 5.91 Å². The van der Waals surface area contributed by atoms with Gasteiger partial charge in [-0.3, -0.25) is 14.5 Å². The Morgan fingerprint density at radius 3 is 2.69 bits per heavy atom. The minimum atomic E-state index is -0.330. The summed E-state index contributed by atoms with van der Waals surface area (Å²) >= 11 is 5.11. The van der Waals surface area contributed by atoms with Crippen LogP contribution in [0.4, 0.5) is 0 Å². The fraction of sp³-hybridized carbons (Fsp3) is 0.700. The molecule has 90 valence electrons. The summed E-state index contributed by atoms with van der Waals surface area (Å²) in [6.07, 6.45) is 0.742. The molecule has 0 aliphatic carbocycles. The van der Waals surface area contributed by atoms with E-state index in [1.54, 1.807) is 4.57 Å². The number of amides is 1. The molecule has 1 aromatic heterocycles. The number of nitrogens with zero attached hydrogens (tertiary/aromatic N) is 2. The van der Waals surface area contributed by atoms with Crippen molar-refractivity contribution in [2.24, 2.45) is 0 Å². The van der Waals surface area contributed by atoms with Gasteiger partial charge in [-0.1, -0.05) is 6.92 Å². The standard InChI is InChI=1S/C10H18N4OS/c1-5-8-12-13-10(16)14(8)7(4)9(15)11-6(2)3/h6-7H,5H2,1-4H3,(H,11,15)(H,13,16). The number of nitrogens with one attached hydrogen (secondary N) is 2. The smallest absolute Gasteiger partial charge is 0.243 e. The van der Waals surface area contributed by atoms with Gasteiger partial charge in [0.15, 0.2) is 4.77 Å². The van der Waals surface area contributed by atoms with Crippen LogP contribution in [0.2, 0.25) is 0 Å². The number of hydrogen-bond donors (Lipinski definition) is 2. The van der Waals surface area contributed by atoms with Crippen molar-refractivity contribution in [2.45, 2.75) is 46.2 Å². The van der Waals surface area contributed by atoms with Crippen molar-refractivity contribution in [1.29, 1.82) is 0 Å². The van der Waals surface area contributed by atoms with Crippen LogP contribution in [0.1, 0.15) is 39.6 Å². The Morgan fingerprint density at radius 1 is 1.56 bits per heavy atom. The maximum absolute atomic E-state index is 11.9. The number of aromatic amines is 1. The van der Waals surface area contributed by atoms with Crippen LogP contribution in [-0.2, 0) is 11.2 Å². The molecule has 1 unspecified atom stereocenters. The predicted octanol–water partition coefficient (Wildman–Crippen LogP) is 1.59. The number of rotatable bonds is 4. The molecule has 0 aliphatic heterocycles. The number of carbonyl (C=O) groups is 1. The van der Waals surface area contributed by atoms with E-state index < -0.39 is 0 Å². The Kier molecular flexibility index (Phi) is 4.23. The number of carbonyl (C=O) groups excluding carboxylic acids is 1. The molecule has 5 nitrogen and oxygen atoms in total. The Balaban J connectivity index is 2.95. The van der Waals surface area contributed by atoms with Crippen LogP contribution in [0.3, 0.4) is 0 Å². The van der Waals surface area contributed by atoms with E-state index in [1.165, 1.54) is 0 Å². The average molecular weight is 242 g/mol. The van der Waals surface area contributed by atoms with Crippen molar-refractivity contribution in [3.8, 4) is 0 Å². The zero-order valence-corrected chi connectivity index (χ0v) is 10.9. The number of H-pyrrole nitrogens is 1. The monoisotopic (exact) mass is 242 g/mol. The van der Waals surface area contributed by atoms with Crippen LogP contribution < -0.4 is 5.32 Å². The molecule has 1 heterocycles. The van der Waals surface area contributed by atoms with Crippen LogP contribution in [0.15, 0.2) is 0 Å². The van der Waals surface area contributed by atoms with E-state index in [1.807, 2.05) is 27.7 Å². The SMILES string of the molecule is CCc1n[nH]c(=S)n1C(C)C(=O)NC(C)C. The molecule has 1 aromatic rings. The maximum atomic E-state index is 11.9. The van der Waals surface area contributed by atoms with Crippen LogP contribution in [0.25, 0.3) is 0 Å². The molecule has 2 N–H and O–H groups in total.